The van der Waals surface area contributed by atoms with Gasteiger partial charge in [-0.15, -0.1) is 0 Å². The van der Waals surface area contributed by atoms with Crippen LogP contribution < -0.4 is 0 Å². The smallest absolute Gasteiger partial charge is 0.0777 e. The first-order chi connectivity index (χ1) is 12.2. The molecule has 0 saturated carbocycles. The Balaban J connectivity index is 1.47. The molecule has 2 aromatic rings. The van der Waals surface area contributed by atoms with Crippen molar-refractivity contribution in [1.82, 2.24) is 14.7 Å². The maximum atomic E-state index is 5.60. The van der Waals surface area contributed by atoms with E-state index in [1.807, 2.05) is 0 Å². The molecule has 3 atom stereocenters. The highest BCUT2D eigenvalue weighted by Gasteiger charge is 2.33. The van der Waals surface area contributed by atoms with E-state index in [1.165, 1.54) is 23.2 Å². The molecule has 134 valence electrons. The summed E-state index contributed by atoms with van der Waals surface area (Å²) in [5, 5.41) is 4.72. The number of ether oxygens (including phenoxy) is 1. The number of aromatic nitrogens is 2. The molecule has 4 rings (SSSR count). The van der Waals surface area contributed by atoms with E-state index in [1.54, 1.807) is 0 Å². The van der Waals surface area contributed by atoms with Crippen molar-refractivity contribution in [3.05, 3.63) is 53.3 Å². The second-order valence-electron chi connectivity index (χ2n) is 7.77. The fourth-order valence-electron chi connectivity index (χ4n) is 4.55. The Hall–Kier alpha value is -1.65. The highest BCUT2D eigenvalue weighted by molar-refractivity contribution is 5.23. The molecule has 25 heavy (non-hydrogen) atoms. The fraction of sp³-hybridized carbons (Fsp3) is 0.571. The van der Waals surface area contributed by atoms with Crippen molar-refractivity contribution in [2.45, 2.75) is 45.2 Å². The largest absolute Gasteiger partial charge is 0.379 e. The first-order valence-electron chi connectivity index (χ1n) is 9.60. The molecule has 0 radical (unpaired) electrons. The Morgan fingerprint density at radius 1 is 1.20 bits per heavy atom. The van der Waals surface area contributed by atoms with Gasteiger partial charge in [-0.1, -0.05) is 37.3 Å². The van der Waals surface area contributed by atoms with Gasteiger partial charge in [-0.25, -0.2) is 0 Å². The van der Waals surface area contributed by atoms with Crippen LogP contribution in [0.15, 0.2) is 36.5 Å². The molecule has 4 nitrogen and oxygen atoms in total. The first-order valence-corrected chi connectivity index (χ1v) is 9.60. The summed E-state index contributed by atoms with van der Waals surface area (Å²) in [6, 6.07) is 11.3. The number of piperidine rings is 1. The third kappa shape index (κ3) is 3.51. The Morgan fingerprint density at radius 3 is 2.76 bits per heavy atom. The average molecular weight is 339 g/mol. The molecule has 0 spiro atoms. The van der Waals surface area contributed by atoms with E-state index in [0.29, 0.717) is 17.9 Å². The van der Waals surface area contributed by atoms with Gasteiger partial charge in [0, 0.05) is 31.3 Å². The Bertz CT molecular complexity index is 690. The number of benzene rings is 1. The highest BCUT2D eigenvalue weighted by atomic mass is 16.5. The Kier molecular flexibility index (Phi) is 4.91. The van der Waals surface area contributed by atoms with Crippen molar-refractivity contribution < 1.29 is 4.74 Å². The van der Waals surface area contributed by atoms with Crippen molar-refractivity contribution in [2.75, 3.05) is 26.3 Å². The zero-order chi connectivity index (χ0) is 17.2. The fourth-order valence-corrected chi connectivity index (χ4v) is 4.55. The number of likely N-dealkylation sites (tertiary alicyclic amines) is 1. The summed E-state index contributed by atoms with van der Waals surface area (Å²) < 4.78 is 7.89. The van der Waals surface area contributed by atoms with Crippen LogP contribution in [0.25, 0.3) is 0 Å². The molecule has 2 fully saturated rings. The van der Waals surface area contributed by atoms with Crippen molar-refractivity contribution in [3.63, 3.8) is 0 Å². The summed E-state index contributed by atoms with van der Waals surface area (Å²) in [6.45, 7) is 9.69. The third-order valence-corrected chi connectivity index (χ3v) is 5.87. The van der Waals surface area contributed by atoms with Gasteiger partial charge < -0.3 is 4.74 Å². The predicted octanol–water partition coefficient (Wildman–Crippen LogP) is 3.78. The molecule has 3 heterocycles. The summed E-state index contributed by atoms with van der Waals surface area (Å²) in [4.78, 5) is 2.60. The molecule has 0 bridgehead atoms. The lowest BCUT2D eigenvalue weighted by Gasteiger charge is -2.38. The van der Waals surface area contributed by atoms with Crippen LogP contribution in [-0.2, 0) is 11.3 Å². The number of rotatable bonds is 4. The lowest BCUT2D eigenvalue weighted by atomic mass is 9.82. The molecule has 0 N–H and O–H groups in total. The second-order valence-corrected chi connectivity index (χ2v) is 7.77. The number of hydrogen-bond donors (Lipinski definition) is 0. The van der Waals surface area contributed by atoms with E-state index in [-0.39, 0.29) is 0 Å². The van der Waals surface area contributed by atoms with Gasteiger partial charge in [-0.05, 0) is 43.4 Å². The minimum atomic E-state index is 0.429. The van der Waals surface area contributed by atoms with Crippen LogP contribution in [0.4, 0.5) is 0 Å². The maximum Gasteiger partial charge on any atom is 0.0777 e. The third-order valence-electron chi connectivity index (χ3n) is 5.87. The summed E-state index contributed by atoms with van der Waals surface area (Å²) in [5.41, 5.74) is 4.22. The molecule has 0 unspecified atom stereocenters. The van der Waals surface area contributed by atoms with Gasteiger partial charge in [-0.3, -0.25) is 9.58 Å². The van der Waals surface area contributed by atoms with Gasteiger partial charge in [0.25, 0.3) is 0 Å². The highest BCUT2D eigenvalue weighted by Crippen LogP contribution is 2.37. The molecule has 4 heteroatoms. The molecule has 2 aliphatic rings. The van der Waals surface area contributed by atoms with Crippen LogP contribution >= 0.6 is 0 Å². The quantitative estimate of drug-likeness (QED) is 0.849. The van der Waals surface area contributed by atoms with Crippen LogP contribution in [-0.4, -0.2) is 41.0 Å². The van der Waals surface area contributed by atoms with E-state index in [0.717, 1.165) is 39.3 Å². The van der Waals surface area contributed by atoms with E-state index >= 15 is 0 Å². The van der Waals surface area contributed by atoms with Crippen LogP contribution in [0.5, 0.6) is 0 Å². The van der Waals surface area contributed by atoms with Gasteiger partial charge in [-0.2, -0.15) is 5.10 Å². The summed E-state index contributed by atoms with van der Waals surface area (Å²) in [5.74, 6) is 1.25. The molecule has 2 saturated heterocycles. The average Bonchev–Trinajstić information content (AvgIpc) is 3.26. The van der Waals surface area contributed by atoms with E-state index in [4.69, 9.17) is 9.84 Å². The van der Waals surface area contributed by atoms with Crippen molar-refractivity contribution >= 4 is 0 Å². The van der Waals surface area contributed by atoms with Gasteiger partial charge in [0.15, 0.2) is 0 Å². The lowest BCUT2D eigenvalue weighted by molar-refractivity contribution is 0.148. The maximum absolute atomic E-state index is 5.60. The zero-order valence-corrected chi connectivity index (χ0v) is 15.4. The summed E-state index contributed by atoms with van der Waals surface area (Å²) in [6.07, 6.45) is 4.36. The molecular weight excluding hydrogens is 310 g/mol. The van der Waals surface area contributed by atoms with E-state index < -0.39 is 0 Å². The topological polar surface area (TPSA) is 30.3 Å². The van der Waals surface area contributed by atoms with Crippen LogP contribution in [0.3, 0.4) is 0 Å². The van der Waals surface area contributed by atoms with Crippen LogP contribution in [0.1, 0.15) is 48.5 Å². The predicted molar refractivity (Wildman–Crippen MR) is 99.7 cm³/mol. The molecule has 1 aromatic carbocycles. The second kappa shape index (κ2) is 7.30. The lowest BCUT2D eigenvalue weighted by Crippen LogP contribution is -2.39. The number of aryl methyl sites for hydroxylation is 1. The molecule has 0 aliphatic carbocycles. The first kappa shape index (κ1) is 16.8. The molecule has 2 aliphatic heterocycles. The Labute approximate surface area is 150 Å². The monoisotopic (exact) mass is 339 g/mol. The van der Waals surface area contributed by atoms with Crippen molar-refractivity contribution in [3.8, 4) is 0 Å². The standard InChI is InChI=1S/C21H29N3O/c1-16-12-22-24(19-9-11-25-15-19)21(16)20-8-10-23(13-17(20)2)14-18-6-4-3-5-7-18/h3-7,12,17,19-20H,8-11,13-15H2,1-2H3/t17-,19-,20-/m0/s1. The molecule has 0 amide bonds. The van der Waals surface area contributed by atoms with Crippen molar-refractivity contribution in [2.24, 2.45) is 5.92 Å². The molecular formula is C21H29N3O. The summed E-state index contributed by atoms with van der Waals surface area (Å²) in [7, 11) is 0. The van der Waals surface area contributed by atoms with E-state index in [9.17, 15) is 0 Å². The van der Waals surface area contributed by atoms with Gasteiger partial charge in [0.05, 0.1) is 18.8 Å². The van der Waals surface area contributed by atoms with Crippen LogP contribution in [0.2, 0.25) is 0 Å². The number of hydrogen-bond acceptors (Lipinski definition) is 3. The summed E-state index contributed by atoms with van der Waals surface area (Å²) >= 11 is 0. The minimum Gasteiger partial charge on any atom is -0.379 e. The van der Waals surface area contributed by atoms with Gasteiger partial charge in [0.1, 0.15) is 0 Å². The van der Waals surface area contributed by atoms with Gasteiger partial charge >= 0.3 is 0 Å². The van der Waals surface area contributed by atoms with Crippen LogP contribution in [0, 0.1) is 12.8 Å². The normalized spacial score (nSPS) is 27.7. The minimum absolute atomic E-state index is 0.429. The number of nitrogens with zero attached hydrogens (tertiary/aromatic N) is 3. The molecule has 1 aromatic heterocycles. The van der Waals surface area contributed by atoms with Gasteiger partial charge in [0.2, 0.25) is 0 Å². The Morgan fingerprint density at radius 2 is 2.04 bits per heavy atom. The van der Waals surface area contributed by atoms with Crippen molar-refractivity contribution in [1.29, 1.82) is 0 Å². The SMILES string of the molecule is Cc1cnn([C@H]2CCOC2)c1[C@H]1CCN(Cc2ccccc2)C[C@@H]1C. The van der Waals surface area contributed by atoms with E-state index in [2.05, 4.69) is 60.0 Å². The zero-order valence-electron chi connectivity index (χ0n) is 15.4.